The highest BCUT2D eigenvalue weighted by molar-refractivity contribution is 7.03. The number of rotatable bonds is 6. The molecule has 8 heteroatoms. The molecule has 1 saturated carbocycles. The molecule has 1 fully saturated rings. The Hall–Kier alpha value is -3.13. The third-order valence-corrected chi connectivity index (χ3v) is 6.41. The first-order valence-corrected chi connectivity index (χ1v) is 11.8. The molecule has 0 bridgehead atoms. The average Bonchev–Trinajstić information content (AvgIpc) is 3.35. The number of benzene rings is 1. The molecule has 1 unspecified atom stereocenters. The number of carbonyl (C=O) groups excluding carboxylic acids is 2. The summed E-state index contributed by atoms with van der Waals surface area (Å²) < 4.78 is 3.86. The molecule has 0 aliphatic heterocycles. The maximum atomic E-state index is 13.7. The largest absolute Gasteiger partial charge is 0.351 e. The van der Waals surface area contributed by atoms with Crippen LogP contribution in [0.3, 0.4) is 0 Å². The molecule has 1 aromatic carbocycles. The van der Waals surface area contributed by atoms with Crippen molar-refractivity contribution in [2.45, 2.75) is 58.0 Å². The highest BCUT2D eigenvalue weighted by Gasteiger charge is 2.36. The van der Waals surface area contributed by atoms with Crippen molar-refractivity contribution in [2.24, 2.45) is 0 Å². The highest BCUT2D eigenvalue weighted by Crippen LogP contribution is 2.33. The molecule has 0 saturated heterocycles. The molecular formula is C24H27N5O2S. The van der Waals surface area contributed by atoms with Crippen molar-refractivity contribution in [1.29, 1.82) is 0 Å². The molecule has 1 aliphatic carbocycles. The Kier molecular flexibility index (Phi) is 6.90. The van der Waals surface area contributed by atoms with E-state index in [1.807, 2.05) is 32.0 Å². The van der Waals surface area contributed by atoms with Crippen LogP contribution in [-0.4, -0.2) is 32.4 Å². The van der Waals surface area contributed by atoms with Gasteiger partial charge in [-0.1, -0.05) is 35.9 Å². The Labute approximate surface area is 192 Å². The summed E-state index contributed by atoms with van der Waals surface area (Å²) in [5.41, 5.74) is 3.51. The van der Waals surface area contributed by atoms with Crippen molar-refractivity contribution in [2.75, 3.05) is 4.90 Å². The molecular weight excluding hydrogens is 422 g/mol. The maximum Gasteiger partial charge on any atom is 0.280 e. The van der Waals surface area contributed by atoms with E-state index in [2.05, 4.69) is 19.9 Å². The van der Waals surface area contributed by atoms with Crippen LogP contribution < -0.4 is 10.2 Å². The van der Waals surface area contributed by atoms with Gasteiger partial charge in [0.25, 0.3) is 5.91 Å². The van der Waals surface area contributed by atoms with Crippen LogP contribution in [0, 0.1) is 13.8 Å². The van der Waals surface area contributed by atoms with E-state index in [0.717, 1.165) is 48.3 Å². The Balaban J connectivity index is 1.81. The second-order valence-electron chi connectivity index (χ2n) is 8.28. The summed E-state index contributed by atoms with van der Waals surface area (Å²) in [7, 11) is 0. The van der Waals surface area contributed by atoms with Gasteiger partial charge in [0.2, 0.25) is 5.91 Å². The lowest BCUT2D eigenvalue weighted by molar-refractivity contribution is -0.123. The molecule has 0 spiro atoms. The van der Waals surface area contributed by atoms with Gasteiger partial charge in [0.15, 0.2) is 5.69 Å². The van der Waals surface area contributed by atoms with Crippen LogP contribution >= 0.6 is 11.5 Å². The molecule has 1 atom stereocenters. The van der Waals surface area contributed by atoms with Crippen molar-refractivity contribution >= 4 is 29.0 Å². The lowest BCUT2D eigenvalue weighted by atomic mass is 9.94. The standard InChI is InChI=1S/C24H27N5O2S/c1-16-8-9-17(2)21(14-16)29(24(31)20-15-32-28-27-20)22(18-10-12-25-13-11-18)23(30)26-19-6-4-3-5-7-19/h8-15,19,22H,3-7H2,1-2H3,(H,26,30). The number of anilines is 1. The molecule has 1 N–H and O–H groups in total. The molecule has 3 aromatic rings. The van der Waals surface area contributed by atoms with Gasteiger partial charge >= 0.3 is 0 Å². The maximum absolute atomic E-state index is 13.7. The summed E-state index contributed by atoms with van der Waals surface area (Å²) in [6.07, 6.45) is 8.62. The summed E-state index contributed by atoms with van der Waals surface area (Å²) in [5.74, 6) is -0.548. The summed E-state index contributed by atoms with van der Waals surface area (Å²) in [6, 6.07) is 8.75. The monoisotopic (exact) mass is 449 g/mol. The Morgan fingerprint density at radius 3 is 2.53 bits per heavy atom. The number of hydrogen-bond donors (Lipinski definition) is 1. The van der Waals surface area contributed by atoms with E-state index in [9.17, 15) is 9.59 Å². The zero-order valence-corrected chi connectivity index (χ0v) is 19.1. The van der Waals surface area contributed by atoms with E-state index in [4.69, 9.17) is 0 Å². The third-order valence-electron chi connectivity index (χ3n) is 5.90. The molecule has 7 nitrogen and oxygen atoms in total. The minimum absolute atomic E-state index is 0.122. The van der Waals surface area contributed by atoms with Gasteiger partial charge in [-0.15, -0.1) is 5.10 Å². The summed E-state index contributed by atoms with van der Waals surface area (Å²) in [4.78, 5) is 33.1. The van der Waals surface area contributed by atoms with Crippen molar-refractivity contribution in [3.8, 4) is 0 Å². The van der Waals surface area contributed by atoms with Gasteiger partial charge in [0.05, 0.1) is 0 Å². The highest BCUT2D eigenvalue weighted by atomic mass is 32.1. The smallest absolute Gasteiger partial charge is 0.280 e. The number of nitrogens with one attached hydrogen (secondary N) is 1. The van der Waals surface area contributed by atoms with Gasteiger partial charge < -0.3 is 5.32 Å². The van der Waals surface area contributed by atoms with Gasteiger partial charge in [-0.05, 0) is 73.1 Å². The topological polar surface area (TPSA) is 88.1 Å². The molecule has 4 rings (SSSR count). The number of pyridine rings is 1. The summed E-state index contributed by atoms with van der Waals surface area (Å²) in [5, 5.41) is 8.83. The Bertz CT molecular complexity index is 1070. The van der Waals surface area contributed by atoms with Gasteiger partial charge in [-0.25, -0.2) is 0 Å². The zero-order valence-electron chi connectivity index (χ0n) is 18.3. The van der Waals surface area contributed by atoms with E-state index in [1.54, 1.807) is 34.8 Å². The lowest BCUT2D eigenvalue weighted by Gasteiger charge is -2.34. The second kappa shape index (κ2) is 9.99. The first kappa shape index (κ1) is 22.1. The number of aromatic nitrogens is 3. The average molecular weight is 450 g/mol. The van der Waals surface area contributed by atoms with E-state index in [0.29, 0.717) is 11.3 Å². The first-order chi connectivity index (χ1) is 15.5. The SMILES string of the molecule is Cc1ccc(C)c(N(C(=O)c2csnn2)C(C(=O)NC2CCCCC2)c2ccncc2)c1. The third kappa shape index (κ3) is 4.85. The number of amides is 2. The van der Waals surface area contributed by atoms with Gasteiger partial charge in [0.1, 0.15) is 6.04 Å². The van der Waals surface area contributed by atoms with Crippen LogP contribution in [0.15, 0.2) is 48.1 Å². The van der Waals surface area contributed by atoms with Crippen LogP contribution in [0.1, 0.15) is 65.3 Å². The van der Waals surface area contributed by atoms with Gasteiger partial charge in [-0.2, -0.15) is 0 Å². The Morgan fingerprint density at radius 2 is 1.84 bits per heavy atom. The molecule has 0 radical (unpaired) electrons. The minimum Gasteiger partial charge on any atom is -0.351 e. The number of carbonyl (C=O) groups is 2. The predicted molar refractivity (Wildman–Crippen MR) is 125 cm³/mol. The van der Waals surface area contributed by atoms with E-state index < -0.39 is 6.04 Å². The quantitative estimate of drug-likeness (QED) is 0.603. The van der Waals surface area contributed by atoms with E-state index in [-0.39, 0.29) is 23.6 Å². The molecule has 166 valence electrons. The van der Waals surface area contributed by atoms with Crippen molar-refractivity contribution in [3.05, 3.63) is 70.5 Å². The van der Waals surface area contributed by atoms with Crippen molar-refractivity contribution in [3.63, 3.8) is 0 Å². The van der Waals surface area contributed by atoms with E-state index in [1.165, 1.54) is 6.42 Å². The fourth-order valence-corrected chi connectivity index (χ4v) is 4.65. The zero-order chi connectivity index (χ0) is 22.5. The van der Waals surface area contributed by atoms with Gasteiger partial charge in [0, 0.05) is 29.5 Å². The summed E-state index contributed by atoms with van der Waals surface area (Å²) in [6.45, 7) is 3.91. The normalized spacial score (nSPS) is 15.2. The predicted octanol–water partition coefficient (Wildman–Crippen LogP) is 4.39. The fraction of sp³-hybridized carbons (Fsp3) is 0.375. The molecule has 2 amide bonds. The van der Waals surface area contributed by atoms with Crippen LogP contribution in [0.4, 0.5) is 5.69 Å². The Morgan fingerprint density at radius 1 is 1.09 bits per heavy atom. The van der Waals surface area contributed by atoms with Gasteiger partial charge in [-0.3, -0.25) is 19.5 Å². The van der Waals surface area contributed by atoms with Crippen molar-refractivity contribution < 1.29 is 9.59 Å². The van der Waals surface area contributed by atoms with E-state index >= 15 is 0 Å². The fourth-order valence-electron chi connectivity index (χ4n) is 4.22. The number of hydrogen-bond acceptors (Lipinski definition) is 6. The minimum atomic E-state index is -0.852. The molecule has 1 aliphatic rings. The van der Waals surface area contributed by atoms with Crippen LogP contribution in [0.25, 0.3) is 0 Å². The second-order valence-corrected chi connectivity index (χ2v) is 8.89. The number of aryl methyl sites for hydroxylation is 2. The molecule has 2 heterocycles. The molecule has 32 heavy (non-hydrogen) atoms. The van der Waals surface area contributed by atoms with Crippen LogP contribution in [0.2, 0.25) is 0 Å². The lowest BCUT2D eigenvalue weighted by Crippen LogP contribution is -2.47. The number of nitrogens with zero attached hydrogens (tertiary/aromatic N) is 4. The molecule has 2 aromatic heterocycles. The first-order valence-electron chi connectivity index (χ1n) is 10.9. The summed E-state index contributed by atoms with van der Waals surface area (Å²) >= 11 is 1.11. The van der Waals surface area contributed by atoms with Crippen LogP contribution in [0.5, 0.6) is 0 Å². The van der Waals surface area contributed by atoms with Crippen molar-refractivity contribution in [1.82, 2.24) is 19.9 Å². The van der Waals surface area contributed by atoms with Crippen LogP contribution in [-0.2, 0) is 4.79 Å².